The Kier molecular flexibility index (Phi) is 5.27. The van der Waals surface area contributed by atoms with E-state index in [2.05, 4.69) is 4.98 Å². The quantitative estimate of drug-likeness (QED) is 0.885. The van der Waals surface area contributed by atoms with Crippen molar-refractivity contribution in [2.45, 2.75) is 25.4 Å². The van der Waals surface area contributed by atoms with Crippen LogP contribution in [0.15, 0.2) is 30.6 Å². The highest BCUT2D eigenvalue weighted by atomic mass is 19.4. The molecule has 1 unspecified atom stereocenters. The molecule has 0 spiro atoms. The maximum atomic E-state index is 12.5. The van der Waals surface area contributed by atoms with E-state index in [1.54, 1.807) is 18.2 Å². The molecular formula is C15H17F3N2O3. The average molecular weight is 330 g/mol. The van der Waals surface area contributed by atoms with Crippen molar-refractivity contribution in [1.29, 1.82) is 0 Å². The van der Waals surface area contributed by atoms with Gasteiger partial charge in [0.1, 0.15) is 11.6 Å². The Morgan fingerprint density at radius 1 is 1.30 bits per heavy atom. The lowest BCUT2D eigenvalue weighted by atomic mass is 10.1. The Balaban J connectivity index is 2.33. The fraction of sp³-hybridized carbons (Fsp3) is 0.400. The third-order valence-corrected chi connectivity index (χ3v) is 3.30. The lowest BCUT2D eigenvalue weighted by Crippen LogP contribution is -2.32. The van der Waals surface area contributed by atoms with Crippen LogP contribution in [0.2, 0.25) is 0 Å². The van der Waals surface area contributed by atoms with E-state index in [0.717, 1.165) is 5.56 Å². The summed E-state index contributed by atoms with van der Waals surface area (Å²) in [4.78, 5) is 4.08. The van der Waals surface area contributed by atoms with Crippen molar-refractivity contribution in [2.75, 3.05) is 14.2 Å². The van der Waals surface area contributed by atoms with Crippen molar-refractivity contribution in [3.63, 3.8) is 0 Å². The molecular weight excluding hydrogens is 313 g/mol. The largest absolute Gasteiger partial charge is 0.496 e. The molecule has 0 radical (unpaired) electrons. The molecule has 0 amide bonds. The van der Waals surface area contributed by atoms with Crippen LogP contribution in [0, 0.1) is 0 Å². The summed E-state index contributed by atoms with van der Waals surface area (Å²) in [6, 6.07) is 5.13. The summed E-state index contributed by atoms with van der Waals surface area (Å²) in [5.74, 6) is 0.942. The van der Waals surface area contributed by atoms with Gasteiger partial charge in [0.05, 0.1) is 20.3 Å². The minimum Gasteiger partial charge on any atom is -0.496 e. The molecule has 5 nitrogen and oxygen atoms in total. The first-order chi connectivity index (χ1) is 10.9. The Bertz CT molecular complexity index is 656. The highest BCUT2D eigenvalue weighted by Crippen LogP contribution is 2.28. The van der Waals surface area contributed by atoms with E-state index >= 15 is 0 Å². The highest BCUT2D eigenvalue weighted by molar-refractivity contribution is 5.59. The fourth-order valence-corrected chi connectivity index (χ4v) is 2.19. The SMILES string of the molecule is COCc1cc(-c2nccn2CC(O)C(F)(F)F)ccc1OC. The summed E-state index contributed by atoms with van der Waals surface area (Å²) in [6.07, 6.45) is -4.35. The third-order valence-electron chi connectivity index (χ3n) is 3.30. The Hall–Kier alpha value is -2.06. The van der Waals surface area contributed by atoms with Crippen molar-refractivity contribution < 1.29 is 27.8 Å². The van der Waals surface area contributed by atoms with Gasteiger partial charge in [0.25, 0.3) is 0 Å². The van der Waals surface area contributed by atoms with E-state index in [0.29, 0.717) is 23.7 Å². The molecule has 2 rings (SSSR count). The van der Waals surface area contributed by atoms with Gasteiger partial charge in [-0.25, -0.2) is 4.98 Å². The number of nitrogens with zero attached hydrogens (tertiary/aromatic N) is 2. The highest BCUT2D eigenvalue weighted by Gasteiger charge is 2.38. The number of methoxy groups -OCH3 is 2. The first kappa shape index (κ1) is 17.3. The smallest absolute Gasteiger partial charge is 0.416 e. The fourth-order valence-electron chi connectivity index (χ4n) is 2.19. The summed E-state index contributed by atoms with van der Waals surface area (Å²) in [5.41, 5.74) is 1.36. The Morgan fingerprint density at radius 3 is 2.65 bits per heavy atom. The van der Waals surface area contributed by atoms with Gasteiger partial charge >= 0.3 is 6.18 Å². The van der Waals surface area contributed by atoms with E-state index < -0.39 is 18.8 Å². The van der Waals surface area contributed by atoms with E-state index in [9.17, 15) is 18.3 Å². The predicted octanol–water partition coefficient (Wildman–Crippen LogP) is 2.63. The van der Waals surface area contributed by atoms with Crippen molar-refractivity contribution in [1.82, 2.24) is 9.55 Å². The molecule has 0 aliphatic rings. The van der Waals surface area contributed by atoms with Gasteiger partial charge in [0.2, 0.25) is 0 Å². The molecule has 1 heterocycles. The second-order valence-corrected chi connectivity index (χ2v) is 4.92. The molecule has 0 aliphatic carbocycles. The van der Waals surface area contributed by atoms with Crippen LogP contribution in [-0.2, 0) is 17.9 Å². The van der Waals surface area contributed by atoms with Crippen LogP contribution in [-0.4, -0.2) is 41.2 Å². The average Bonchev–Trinajstić information content (AvgIpc) is 2.94. The van der Waals surface area contributed by atoms with Crippen molar-refractivity contribution in [3.8, 4) is 17.1 Å². The standard InChI is InChI=1S/C15H17F3N2O3/c1-22-9-11-7-10(3-4-12(11)23-2)14-19-5-6-20(14)8-13(21)15(16,17)18/h3-7,13,21H,8-9H2,1-2H3. The lowest BCUT2D eigenvalue weighted by Gasteiger charge is -2.17. The van der Waals surface area contributed by atoms with Gasteiger partial charge < -0.3 is 19.1 Å². The number of aliphatic hydroxyl groups excluding tert-OH is 1. The molecule has 0 bridgehead atoms. The van der Waals surface area contributed by atoms with E-state index in [-0.39, 0.29) is 0 Å². The number of benzene rings is 1. The molecule has 1 N–H and O–H groups in total. The van der Waals surface area contributed by atoms with Gasteiger partial charge in [-0.15, -0.1) is 0 Å². The number of aliphatic hydroxyl groups is 1. The number of hydrogen-bond donors (Lipinski definition) is 1. The first-order valence-corrected chi connectivity index (χ1v) is 6.79. The number of rotatable bonds is 6. The molecule has 0 aliphatic heterocycles. The van der Waals surface area contributed by atoms with Crippen molar-refractivity contribution in [3.05, 3.63) is 36.2 Å². The van der Waals surface area contributed by atoms with Gasteiger partial charge in [-0.3, -0.25) is 0 Å². The zero-order valence-electron chi connectivity index (χ0n) is 12.7. The predicted molar refractivity (Wildman–Crippen MR) is 77.0 cm³/mol. The summed E-state index contributed by atoms with van der Waals surface area (Å²) in [7, 11) is 3.06. The van der Waals surface area contributed by atoms with Gasteiger partial charge in [0, 0.05) is 30.6 Å². The monoisotopic (exact) mass is 330 g/mol. The molecule has 1 aromatic heterocycles. The molecule has 0 fully saturated rings. The first-order valence-electron chi connectivity index (χ1n) is 6.79. The normalized spacial score (nSPS) is 13.1. The number of alkyl halides is 3. The van der Waals surface area contributed by atoms with Gasteiger partial charge in [-0.1, -0.05) is 0 Å². The number of hydrogen-bond acceptors (Lipinski definition) is 4. The molecule has 1 aromatic carbocycles. The second-order valence-electron chi connectivity index (χ2n) is 4.92. The number of imidazole rings is 1. The summed E-state index contributed by atoms with van der Waals surface area (Å²) in [5, 5.41) is 9.24. The maximum Gasteiger partial charge on any atom is 0.416 e. The molecule has 8 heteroatoms. The van der Waals surface area contributed by atoms with E-state index in [1.807, 2.05) is 0 Å². The lowest BCUT2D eigenvalue weighted by molar-refractivity contribution is -0.207. The van der Waals surface area contributed by atoms with Crippen LogP contribution in [0.25, 0.3) is 11.4 Å². The second kappa shape index (κ2) is 7.01. The summed E-state index contributed by atoms with van der Waals surface area (Å²) >= 11 is 0. The van der Waals surface area contributed by atoms with E-state index in [4.69, 9.17) is 9.47 Å². The minimum atomic E-state index is -4.68. The van der Waals surface area contributed by atoms with Crippen molar-refractivity contribution >= 4 is 0 Å². The topological polar surface area (TPSA) is 56.5 Å². The molecule has 2 aromatic rings. The van der Waals surface area contributed by atoms with Crippen LogP contribution in [0.1, 0.15) is 5.56 Å². The van der Waals surface area contributed by atoms with Crippen molar-refractivity contribution in [2.24, 2.45) is 0 Å². The van der Waals surface area contributed by atoms with Gasteiger partial charge in [-0.05, 0) is 18.2 Å². The number of ether oxygens (including phenoxy) is 2. The Morgan fingerprint density at radius 2 is 2.04 bits per heavy atom. The number of halogens is 3. The minimum absolute atomic E-state index is 0.295. The zero-order valence-corrected chi connectivity index (χ0v) is 12.7. The summed E-state index contributed by atoms with van der Waals surface area (Å²) < 4.78 is 49.1. The maximum absolute atomic E-state index is 12.5. The summed E-state index contributed by atoms with van der Waals surface area (Å²) in [6.45, 7) is -0.326. The van der Waals surface area contributed by atoms with Gasteiger partial charge in [0.15, 0.2) is 6.10 Å². The van der Waals surface area contributed by atoms with E-state index in [1.165, 1.54) is 31.2 Å². The van der Waals surface area contributed by atoms with Crippen LogP contribution in [0.4, 0.5) is 13.2 Å². The van der Waals surface area contributed by atoms with Gasteiger partial charge in [-0.2, -0.15) is 13.2 Å². The molecule has 126 valence electrons. The van der Waals surface area contributed by atoms with Crippen LogP contribution >= 0.6 is 0 Å². The Labute approximate surface area is 131 Å². The van der Waals surface area contributed by atoms with Crippen LogP contribution < -0.4 is 4.74 Å². The zero-order chi connectivity index (χ0) is 17.0. The molecule has 0 saturated heterocycles. The third kappa shape index (κ3) is 4.02. The molecule has 1 atom stereocenters. The van der Waals surface area contributed by atoms with Crippen LogP contribution in [0.5, 0.6) is 5.75 Å². The van der Waals surface area contributed by atoms with Crippen LogP contribution in [0.3, 0.4) is 0 Å². The number of aromatic nitrogens is 2. The molecule has 23 heavy (non-hydrogen) atoms. The molecule has 0 saturated carbocycles.